The monoisotopic (exact) mass is 207 g/mol. The van der Waals surface area contributed by atoms with Gasteiger partial charge in [0.05, 0.1) is 5.69 Å². The smallest absolute Gasteiger partial charge is 0.118 e. The second kappa shape index (κ2) is 3.68. The van der Waals surface area contributed by atoms with E-state index in [1.54, 1.807) is 0 Å². The number of thiol groups is 2. The van der Waals surface area contributed by atoms with Gasteiger partial charge in [0, 0.05) is 16.3 Å². The van der Waals surface area contributed by atoms with Crippen molar-refractivity contribution in [2.24, 2.45) is 0 Å². The summed E-state index contributed by atoms with van der Waals surface area (Å²) in [6.07, 6.45) is 3.97. The number of benzene rings is 1. The zero-order valence-corrected chi connectivity index (χ0v) is 8.72. The maximum absolute atomic E-state index is 4.40. The molecule has 1 aliphatic rings. The molecule has 0 saturated heterocycles. The van der Waals surface area contributed by atoms with Gasteiger partial charge in [-0.1, -0.05) is 18.2 Å². The molecule has 2 rings (SSSR count). The largest absolute Gasteiger partial charge is 0.352 e. The highest BCUT2D eigenvalue weighted by molar-refractivity contribution is 7.83. The first-order chi connectivity index (χ1) is 6.29. The summed E-state index contributed by atoms with van der Waals surface area (Å²) in [5.41, 5.74) is 1.06. The van der Waals surface area contributed by atoms with Gasteiger partial charge in [0.2, 0.25) is 0 Å². The van der Waals surface area contributed by atoms with Crippen molar-refractivity contribution in [1.82, 2.24) is 0 Å². The summed E-state index contributed by atoms with van der Waals surface area (Å²) in [6, 6.07) is 5.91. The Labute approximate surface area is 89.3 Å². The molecule has 0 unspecified atom stereocenters. The highest BCUT2D eigenvalue weighted by Gasteiger charge is 2.12. The number of rotatable bonds is 1. The zero-order chi connectivity index (χ0) is 9.26. The normalized spacial score (nSPS) is 15.4. The van der Waals surface area contributed by atoms with E-state index in [-0.39, 0.29) is 0 Å². The summed E-state index contributed by atoms with van der Waals surface area (Å²) in [5, 5.41) is 0. The molecule has 1 aromatic rings. The Morgan fingerprint density at radius 3 is 2.85 bits per heavy atom. The second-order valence-electron chi connectivity index (χ2n) is 2.79. The molecule has 0 bridgehead atoms. The van der Waals surface area contributed by atoms with Crippen LogP contribution < -0.4 is 4.90 Å². The lowest BCUT2D eigenvalue weighted by Gasteiger charge is -2.18. The van der Waals surface area contributed by atoms with Crippen LogP contribution in [-0.2, 0) is 0 Å². The van der Waals surface area contributed by atoms with Crippen LogP contribution in [0.1, 0.15) is 0 Å². The van der Waals surface area contributed by atoms with Crippen molar-refractivity contribution in [3.05, 3.63) is 36.9 Å². The van der Waals surface area contributed by atoms with Crippen molar-refractivity contribution in [3.63, 3.8) is 0 Å². The van der Waals surface area contributed by atoms with Crippen molar-refractivity contribution >= 4 is 30.9 Å². The third kappa shape index (κ3) is 1.71. The van der Waals surface area contributed by atoms with Gasteiger partial charge in [0.25, 0.3) is 0 Å². The van der Waals surface area contributed by atoms with Crippen molar-refractivity contribution in [3.8, 4) is 0 Å². The van der Waals surface area contributed by atoms with Crippen molar-refractivity contribution < 1.29 is 0 Å². The van der Waals surface area contributed by atoms with Crippen LogP contribution in [0.25, 0.3) is 0 Å². The van der Waals surface area contributed by atoms with E-state index in [1.807, 2.05) is 29.2 Å². The summed E-state index contributed by atoms with van der Waals surface area (Å²) < 4.78 is 0. The molecule has 13 heavy (non-hydrogen) atoms. The Morgan fingerprint density at radius 2 is 2.15 bits per heavy atom. The molecule has 2 radical (unpaired) electrons. The first-order valence-electron chi connectivity index (χ1n) is 3.98. The van der Waals surface area contributed by atoms with Crippen molar-refractivity contribution in [1.29, 1.82) is 0 Å². The summed E-state index contributed by atoms with van der Waals surface area (Å²) >= 11 is 8.71. The highest BCUT2D eigenvalue weighted by atomic mass is 32.1. The number of nitrogens with zero attached hydrogens (tertiary/aromatic N) is 1. The van der Waals surface area contributed by atoms with Gasteiger partial charge in [0.1, 0.15) is 6.54 Å². The average Bonchev–Trinajstić information content (AvgIpc) is 2.62. The Kier molecular flexibility index (Phi) is 2.56. The minimum Gasteiger partial charge on any atom is -0.352 e. The van der Waals surface area contributed by atoms with Gasteiger partial charge >= 0.3 is 0 Å². The Hall–Kier alpha value is -0.540. The molecule has 66 valence electrons. The van der Waals surface area contributed by atoms with Crippen molar-refractivity contribution in [2.45, 2.75) is 9.79 Å². The lowest BCUT2D eigenvalue weighted by atomic mass is 10.3. The molecule has 0 N–H and O–H groups in total. The van der Waals surface area contributed by atoms with Crippen LogP contribution in [-0.4, -0.2) is 6.54 Å². The van der Waals surface area contributed by atoms with Crippen LogP contribution in [0.3, 0.4) is 0 Å². The quantitative estimate of drug-likeness (QED) is 0.670. The average molecular weight is 207 g/mol. The molecule has 1 heterocycles. The van der Waals surface area contributed by atoms with Gasteiger partial charge < -0.3 is 4.90 Å². The van der Waals surface area contributed by atoms with E-state index in [2.05, 4.69) is 37.9 Å². The highest BCUT2D eigenvalue weighted by Crippen LogP contribution is 2.31. The third-order valence-electron chi connectivity index (χ3n) is 1.92. The molecule has 1 aliphatic heterocycles. The van der Waals surface area contributed by atoms with E-state index in [0.29, 0.717) is 0 Å². The standard InChI is InChI=1S/C10H9NS2/c12-9-5-3-4-8(10(9)13)11-6-1-2-7-11/h1-5,12-13H,6H2. The summed E-state index contributed by atoms with van der Waals surface area (Å²) in [7, 11) is 0. The SMILES string of the molecule is Sc1cccc(N2[C]C=CC2)c1S. The Morgan fingerprint density at radius 1 is 1.31 bits per heavy atom. The van der Waals surface area contributed by atoms with Crippen LogP contribution in [0.5, 0.6) is 0 Å². The maximum atomic E-state index is 4.40. The van der Waals surface area contributed by atoms with Crippen molar-refractivity contribution in [2.75, 3.05) is 11.4 Å². The molecular weight excluding hydrogens is 198 g/mol. The molecule has 0 aliphatic carbocycles. The molecule has 0 amide bonds. The van der Waals surface area contributed by atoms with Gasteiger partial charge in [-0.05, 0) is 12.1 Å². The van der Waals surface area contributed by atoms with Crippen LogP contribution >= 0.6 is 25.3 Å². The lowest BCUT2D eigenvalue weighted by Crippen LogP contribution is -2.14. The zero-order valence-electron chi connectivity index (χ0n) is 6.94. The number of hydrogen-bond donors (Lipinski definition) is 2. The molecule has 0 atom stereocenters. The Bertz CT molecular complexity index is 339. The predicted octanol–water partition coefficient (Wildman–Crippen LogP) is 2.68. The molecular formula is C10H9NS2. The van der Waals surface area contributed by atoms with E-state index < -0.39 is 0 Å². The molecule has 0 saturated carbocycles. The van der Waals surface area contributed by atoms with Crippen LogP contribution in [0, 0.1) is 6.54 Å². The summed E-state index contributed by atoms with van der Waals surface area (Å²) in [5.74, 6) is 0. The van der Waals surface area contributed by atoms with Gasteiger partial charge in [-0.25, -0.2) is 0 Å². The minimum atomic E-state index is 0.866. The van der Waals surface area contributed by atoms with Gasteiger partial charge in [-0.3, -0.25) is 0 Å². The minimum absolute atomic E-state index is 0.866. The summed E-state index contributed by atoms with van der Waals surface area (Å²) in [4.78, 5) is 3.82. The van der Waals surface area contributed by atoms with E-state index in [4.69, 9.17) is 0 Å². The van der Waals surface area contributed by atoms with Gasteiger partial charge in [-0.15, -0.1) is 25.3 Å². The van der Waals surface area contributed by atoms with Crippen LogP contribution in [0.2, 0.25) is 0 Å². The van der Waals surface area contributed by atoms with Gasteiger partial charge in [0.15, 0.2) is 0 Å². The third-order valence-corrected chi connectivity index (χ3v) is 2.94. The van der Waals surface area contributed by atoms with E-state index >= 15 is 0 Å². The molecule has 0 spiro atoms. The Balaban J connectivity index is 2.34. The molecule has 3 heteroatoms. The van der Waals surface area contributed by atoms with E-state index in [9.17, 15) is 0 Å². The first-order valence-corrected chi connectivity index (χ1v) is 4.88. The fourth-order valence-electron chi connectivity index (χ4n) is 1.26. The van der Waals surface area contributed by atoms with Gasteiger partial charge in [-0.2, -0.15) is 0 Å². The maximum Gasteiger partial charge on any atom is 0.118 e. The molecule has 0 aromatic heterocycles. The fraction of sp³-hybridized carbons (Fsp3) is 0.100. The molecule has 1 nitrogen and oxygen atoms in total. The molecule has 0 fully saturated rings. The second-order valence-corrected chi connectivity index (χ2v) is 3.72. The number of anilines is 1. The van der Waals surface area contributed by atoms with E-state index in [1.165, 1.54) is 0 Å². The lowest BCUT2D eigenvalue weighted by molar-refractivity contribution is 1.04. The summed E-state index contributed by atoms with van der Waals surface area (Å²) in [6.45, 7) is 3.98. The topological polar surface area (TPSA) is 3.24 Å². The van der Waals surface area contributed by atoms with Crippen LogP contribution in [0.15, 0.2) is 40.1 Å². The molecule has 1 aromatic carbocycles. The van der Waals surface area contributed by atoms with Crippen LogP contribution in [0.4, 0.5) is 5.69 Å². The predicted molar refractivity (Wildman–Crippen MR) is 60.7 cm³/mol. The fourth-order valence-corrected chi connectivity index (χ4v) is 1.73. The van der Waals surface area contributed by atoms with E-state index in [0.717, 1.165) is 22.0 Å². The first kappa shape index (κ1) is 9.03. The number of hydrogen-bond acceptors (Lipinski definition) is 3.